The van der Waals surface area contributed by atoms with Crippen LogP contribution in [0.2, 0.25) is 0 Å². The topological polar surface area (TPSA) is 41.6 Å². The molecule has 3 nitrogen and oxygen atoms in total. The first-order valence-corrected chi connectivity index (χ1v) is 9.78. The lowest BCUT2D eigenvalue weighted by atomic mass is 9.75. The molecular formula is C23H27N3. The van der Waals surface area contributed by atoms with Gasteiger partial charge in [0.1, 0.15) is 0 Å². The molecule has 4 rings (SSSR count). The maximum atomic E-state index is 9.13. The maximum Gasteiger partial charge on any atom is 0.0991 e. The van der Waals surface area contributed by atoms with E-state index in [1.807, 2.05) is 6.07 Å². The van der Waals surface area contributed by atoms with E-state index in [1.165, 1.54) is 28.1 Å². The lowest BCUT2D eigenvalue weighted by Crippen LogP contribution is -2.25. The average Bonchev–Trinajstić information content (AvgIpc) is 3.03. The quantitative estimate of drug-likeness (QED) is 0.746. The van der Waals surface area contributed by atoms with E-state index in [0.717, 1.165) is 44.1 Å². The molecule has 0 saturated carbocycles. The summed E-state index contributed by atoms with van der Waals surface area (Å²) in [4.78, 5) is 4.82. The van der Waals surface area contributed by atoms with E-state index in [4.69, 9.17) is 10.2 Å². The zero-order chi connectivity index (χ0) is 18.3. The number of nitriles is 1. The molecule has 0 fully saturated rings. The van der Waals surface area contributed by atoms with Gasteiger partial charge in [0.25, 0.3) is 0 Å². The average molecular weight is 345 g/mol. The molecule has 0 radical (unpaired) electrons. The molecule has 0 saturated heterocycles. The normalized spacial score (nSPS) is 22.5. The first-order valence-electron chi connectivity index (χ1n) is 9.78. The van der Waals surface area contributed by atoms with Gasteiger partial charge in [0, 0.05) is 6.04 Å². The highest BCUT2D eigenvalue weighted by Gasteiger charge is 2.33. The van der Waals surface area contributed by atoms with Crippen molar-refractivity contribution in [3.8, 4) is 6.07 Å². The van der Waals surface area contributed by atoms with E-state index in [0.29, 0.717) is 11.5 Å². The second kappa shape index (κ2) is 6.43. The minimum atomic E-state index is 0.292. The van der Waals surface area contributed by atoms with Crippen molar-refractivity contribution in [1.29, 1.82) is 5.26 Å². The Bertz CT molecular complexity index is 908. The lowest BCUT2D eigenvalue weighted by molar-refractivity contribution is 0.355. The number of hydrogen-bond donors (Lipinski definition) is 0. The van der Waals surface area contributed by atoms with Crippen LogP contribution < -0.4 is 0 Å². The number of allylic oxidation sites excluding steroid dienone is 2. The summed E-state index contributed by atoms with van der Waals surface area (Å²) in [6.45, 7) is 6.92. The summed E-state index contributed by atoms with van der Waals surface area (Å²) in [5, 5.41) is 9.13. The Morgan fingerprint density at radius 2 is 2.15 bits per heavy atom. The van der Waals surface area contributed by atoms with Crippen LogP contribution in [0.15, 0.2) is 30.6 Å². The summed E-state index contributed by atoms with van der Waals surface area (Å²) in [5.41, 5.74) is 7.93. The first-order chi connectivity index (χ1) is 12.5. The van der Waals surface area contributed by atoms with Crippen LogP contribution in [0.3, 0.4) is 0 Å². The number of fused-ring (bicyclic) bond motifs is 2. The molecule has 0 amide bonds. The van der Waals surface area contributed by atoms with Crippen molar-refractivity contribution in [1.82, 2.24) is 9.55 Å². The van der Waals surface area contributed by atoms with Gasteiger partial charge >= 0.3 is 0 Å². The minimum Gasteiger partial charge on any atom is -0.327 e. The fraction of sp³-hybridized carbons (Fsp3) is 0.478. The summed E-state index contributed by atoms with van der Waals surface area (Å²) in [7, 11) is 0. The number of aryl methyl sites for hydroxylation is 1. The van der Waals surface area contributed by atoms with Crippen LogP contribution in [-0.2, 0) is 19.3 Å². The summed E-state index contributed by atoms with van der Waals surface area (Å²) >= 11 is 0. The maximum absolute atomic E-state index is 9.13. The fourth-order valence-electron chi connectivity index (χ4n) is 4.73. The standard InChI is InChI=1S/C23H27N3/c1-4-5-19-12-23(2,3)13-21-22(19)26(15-25-21)20-9-8-17-10-16(14-24)6-7-18(17)11-20/h5-7,10,15,20H,4,8-9,11-13H2,1-3H3/b19-5-. The van der Waals surface area contributed by atoms with Gasteiger partial charge in [0.2, 0.25) is 0 Å². The summed E-state index contributed by atoms with van der Waals surface area (Å²) in [5.74, 6) is 0. The number of hydrogen-bond acceptors (Lipinski definition) is 2. The highest BCUT2D eigenvalue weighted by atomic mass is 15.1. The molecule has 3 heteroatoms. The molecule has 134 valence electrons. The summed E-state index contributed by atoms with van der Waals surface area (Å²) < 4.78 is 2.45. The van der Waals surface area contributed by atoms with Gasteiger partial charge in [-0.15, -0.1) is 0 Å². The molecule has 0 aliphatic heterocycles. The number of nitrogens with zero attached hydrogens (tertiary/aromatic N) is 3. The molecule has 1 heterocycles. The van der Waals surface area contributed by atoms with Crippen molar-refractivity contribution < 1.29 is 0 Å². The first kappa shape index (κ1) is 17.1. The molecular weight excluding hydrogens is 318 g/mol. The summed E-state index contributed by atoms with van der Waals surface area (Å²) in [6.07, 6.45) is 10.9. The van der Waals surface area contributed by atoms with Crippen molar-refractivity contribution in [3.05, 3.63) is 58.7 Å². The lowest BCUT2D eigenvalue weighted by Gasteiger charge is -2.34. The van der Waals surface area contributed by atoms with E-state index in [9.17, 15) is 0 Å². The molecule has 26 heavy (non-hydrogen) atoms. The molecule has 1 atom stereocenters. The Kier molecular flexibility index (Phi) is 4.23. The van der Waals surface area contributed by atoms with Gasteiger partial charge in [-0.25, -0.2) is 4.98 Å². The summed E-state index contributed by atoms with van der Waals surface area (Å²) in [6, 6.07) is 8.90. The third-order valence-corrected chi connectivity index (χ3v) is 5.87. The molecule has 0 spiro atoms. The predicted molar refractivity (Wildman–Crippen MR) is 105 cm³/mol. The van der Waals surface area contributed by atoms with Gasteiger partial charge in [-0.1, -0.05) is 32.9 Å². The van der Waals surface area contributed by atoms with Crippen LogP contribution >= 0.6 is 0 Å². The van der Waals surface area contributed by atoms with Crippen LogP contribution in [0.4, 0.5) is 0 Å². The second-order valence-electron chi connectivity index (χ2n) is 8.59. The monoisotopic (exact) mass is 345 g/mol. The molecule has 1 unspecified atom stereocenters. The molecule has 1 aromatic heterocycles. The van der Waals surface area contributed by atoms with Crippen LogP contribution in [0, 0.1) is 16.7 Å². The van der Waals surface area contributed by atoms with Gasteiger partial charge in [-0.05, 0) is 72.8 Å². The molecule has 2 aliphatic carbocycles. The smallest absolute Gasteiger partial charge is 0.0991 e. The van der Waals surface area contributed by atoms with E-state index in [2.05, 4.69) is 55.9 Å². The number of aromatic nitrogens is 2. The SMILES string of the molecule is CC/C=C1/CC(C)(C)Cc2ncn(C3CCc4cc(C#N)ccc4C3)c21. The number of rotatable bonds is 2. The van der Waals surface area contributed by atoms with Crippen LogP contribution in [-0.4, -0.2) is 9.55 Å². The van der Waals surface area contributed by atoms with Gasteiger partial charge < -0.3 is 4.57 Å². The van der Waals surface area contributed by atoms with Crippen LogP contribution in [0.5, 0.6) is 0 Å². The highest BCUT2D eigenvalue weighted by Crippen LogP contribution is 2.43. The zero-order valence-corrected chi connectivity index (χ0v) is 16.0. The molecule has 0 bridgehead atoms. The van der Waals surface area contributed by atoms with E-state index in [-0.39, 0.29) is 0 Å². The number of benzene rings is 1. The Morgan fingerprint density at radius 3 is 2.92 bits per heavy atom. The van der Waals surface area contributed by atoms with E-state index >= 15 is 0 Å². The van der Waals surface area contributed by atoms with Crippen molar-refractivity contribution >= 4 is 5.57 Å². The predicted octanol–water partition coefficient (Wildman–Crippen LogP) is 5.25. The third-order valence-electron chi connectivity index (χ3n) is 5.87. The molecule has 1 aromatic carbocycles. The molecule has 2 aromatic rings. The van der Waals surface area contributed by atoms with Crippen molar-refractivity contribution in [3.63, 3.8) is 0 Å². The largest absolute Gasteiger partial charge is 0.327 e. The second-order valence-corrected chi connectivity index (χ2v) is 8.59. The molecule has 0 N–H and O–H groups in total. The van der Waals surface area contributed by atoms with Crippen molar-refractivity contribution in [2.45, 2.75) is 65.3 Å². The zero-order valence-electron chi connectivity index (χ0n) is 16.0. The highest BCUT2D eigenvalue weighted by molar-refractivity contribution is 5.67. The number of imidazole rings is 1. The van der Waals surface area contributed by atoms with Crippen molar-refractivity contribution in [2.75, 3.05) is 0 Å². The van der Waals surface area contributed by atoms with Crippen molar-refractivity contribution in [2.24, 2.45) is 5.41 Å². The Labute approximate surface area is 156 Å². The molecule has 2 aliphatic rings. The van der Waals surface area contributed by atoms with Gasteiger partial charge in [0.15, 0.2) is 0 Å². The van der Waals surface area contributed by atoms with E-state index in [1.54, 1.807) is 0 Å². The van der Waals surface area contributed by atoms with Crippen LogP contribution in [0.25, 0.3) is 5.57 Å². The Morgan fingerprint density at radius 1 is 1.31 bits per heavy atom. The van der Waals surface area contributed by atoms with Crippen LogP contribution in [0.1, 0.15) is 74.2 Å². The van der Waals surface area contributed by atoms with Gasteiger partial charge in [0.05, 0.1) is 29.3 Å². The van der Waals surface area contributed by atoms with Gasteiger partial charge in [-0.3, -0.25) is 0 Å². The third kappa shape index (κ3) is 2.98. The van der Waals surface area contributed by atoms with Gasteiger partial charge in [-0.2, -0.15) is 5.26 Å². The Hall–Kier alpha value is -2.34. The minimum absolute atomic E-state index is 0.292. The Balaban J connectivity index is 1.69. The van der Waals surface area contributed by atoms with E-state index < -0.39 is 0 Å². The fourth-order valence-corrected chi connectivity index (χ4v) is 4.73.